The highest BCUT2D eigenvalue weighted by atomic mass is 32.2. The molecule has 1 amide bonds. The van der Waals surface area contributed by atoms with Gasteiger partial charge in [0.25, 0.3) is 0 Å². The lowest BCUT2D eigenvalue weighted by Crippen LogP contribution is -2.27. The fourth-order valence-corrected chi connectivity index (χ4v) is 4.29. The number of carbonyl (C=O) groups excluding carboxylic acids is 1. The molecule has 3 aromatic carbocycles. The van der Waals surface area contributed by atoms with Crippen LogP contribution < -0.4 is 5.32 Å². The van der Waals surface area contributed by atoms with Crippen molar-refractivity contribution >= 4 is 40.2 Å². The molecule has 0 radical (unpaired) electrons. The van der Waals surface area contributed by atoms with E-state index in [9.17, 15) is 4.79 Å². The van der Waals surface area contributed by atoms with Crippen molar-refractivity contribution in [1.82, 2.24) is 5.32 Å². The number of thioether (sulfide) groups is 2. The van der Waals surface area contributed by atoms with Gasteiger partial charge in [0.05, 0.1) is 17.4 Å². The predicted molar refractivity (Wildman–Crippen MR) is 115 cm³/mol. The molecular weight excluding hydrogens is 372 g/mol. The largest absolute Gasteiger partial charge is 0.355 e. The Morgan fingerprint density at radius 2 is 1.78 bits per heavy atom. The Labute approximate surface area is 168 Å². The summed E-state index contributed by atoms with van der Waals surface area (Å²) in [7, 11) is 0. The minimum Gasteiger partial charge on any atom is -0.355 e. The fourth-order valence-electron chi connectivity index (χ4n) is 2.66. The lowest BCUT2D eigenvalue weighted by molar-refractivity contribution is -0.118. The summed E-state index contributed by atoms with van der Waals surface area (Å²) in [5.41, 5.74) is 1.77. The minimum atomic E-state index is 0.0474. The van der Waals surface area contributed by atoms with Crippen molar-refractivity contribution < 1.29 is 4.79 Å². The van der Waals surface area contributed by atoms with E-state index in [0.29, 0.717) is 12.3 Å². The van der Waals surface area contributed by atoms with Gasteiger partial charge < -0.3 is 5.32 Å². The van der Waals surface area contributed by atoms with Crippen LogP contribution in [0.2, 0.25) is 0 Å². The molecule has 3 aromatic rings. The number of nitrogens with one attached hydrogen (secondary N) is 1. The smallest absolute Gasteiger partial charge is 0.230 e. The van der Waals surface area contributed by atoms with Crippen LogP contribution in [0.3, 0.4) is 0 Å². The minimum absolute atomic E-state index is 0.0474. The molecule has 0 saturated heterocycles. The number of carbonyl (C=O) groups is 1. The Bertz CT molecular complexity index is 966. The zero-order chi connectivity index (χ0) is 18.9. The predicted octanol–water partition coefficient (Wildman–Crippen LogP) is 4.85. The molecule has 0 bridgehead atoms. The van der Waals surface area contributed by atoms with Gasteiger partial charge in [-0.3, -0.25) is 4.79 Å². The van der Waals surface area contributed by atoms with Crippen LogP contribution in [0.1, 0.15) is 11.1 Å². The first-order chi connectivity index (χ1) is 13.3. The van der Waals surface area contributed by atoms with Crippen molar-refractivity contribution in [2.75, 3.05) is 18.1 Å². The van der Waals surface area contributed by atoms with Crippen molar-refractivity contribution in [1.29, 1.82) is 5.26 Å². The molecule has 136 valence electrons. The number of nitrogens with zero attached hydrogens (tertiary/aromatic N) is 1. The van der Waals surface area contributed by atoms with Gasteiger partial charge in [0.2, 0.25) is 5.91 Å². The fraction of sp³-hybridized carbons (Fsp3) is 0.182. The van der Waals surface area contributed by atoms with Crippen LogP contribution in [0.5, 0.6) is 0 Å². The monoisotopic (exact) mass is 392 g/mol. The first-order valence-electron chi connectivity index (χ1n) is 8.70. The Morgan fingerprint density at radius 3 is 2.63 bits per heavy atom. The van der Waals surface area contributed by atoms with Gasteiger partial charge in [-0.15, -0.1) is 11.8 Å². The van der Waals surface area contributed by atoms with Gasteiger partial charge in [0.15, 0.2) is 0 Å². The van der Waals surface area contributed by atoms with Crippen LogP contribution in [0, 0.1) is 11.3 Å². The number of hydrogen-bond donors (Lipinski definition) is 1. The summed E-state index contributed by atoms with van der Waals surface area (Å²) in [5, 5.41) is 14.4. The second kappa shape index (κ2) is 10.1. The first kappa shape index (κ1) is 19.3. The third kappa shape index (κ3) is 5.78. The molecule has 0 saturated carbocycles. The van der Waals surface area contributed by atoms with Gasteiger partial charge in [-0.2, -0.15) is 17.0 Å². The summed E-state index contributed by atoms with van der Waals surface area (Å²) in [6.45, 7) is 0.635. The average Bonchev–Trinajstić information content (AvgIpc) is 2.72. The summed E-state index contributed by atoms with van der Waals surface area (Å²) in [4.78, 5) is 13.1. The summed E-state index contributed by atoms with van der Waals surface area (Å²) >= 11 is 3.28. The van der Waals surface area contributed by atoms with Gasteiger partial charge in [-0.05, 0) is 34.5 Å². The van der Waals surface area contributed by atoms with Crippen LogP contribution in [-0.2, 0) is 10.5 Å². The zero-order valence-electron chi connectivity index (χ0n) is 14.9. The molecule has 0 aliphatic carbocycles. The molecule has 0 unspecified atom stereocenters. The third-order valence-corrected chi connectivity index (χ3v) is 6.06. The molecule has 3 rings (SSSR count). The molecule has 0 spiro atoms. The van der Waals surface area contributed by atoms with E-state index in [4.69, 9.17) is 5.26 Å². The van der Waals surface area contributed by atoms with Gasteiger partial charge in [-0.1, -0.05) is 48.5 Å². The van der Waals surface area contributed by atoms with E-state index in [0.717, 1.165) is 27.5 Å². The van der Waals surface area contributed by atoms with Gasteiger partial charge in [0, 0.05) is 22.9 Å². The highest BCUT2D eigenvalue weighted by Gasteiger charge is 2.04. The highest BCUT2D eigenvalue weighted by Crippen LogP contribution is 2.23. The first-order valence-corrected chi connectivity index (χ1v) is 10.8. The van der Waals surface area contributed by atoms with Crippen LogP contribution >= 0.6 is 23.5 Å². The average molecular weight is 393 g/mol. The zero-order valence-corrected chi connectivity index (χ0v) is 16.5. The van der Waals surface area contributed by atoms with E-state index in [1.54, 1.807) is 23.5 Å². The van der Waals surface area contributed by atoms with Crippen molar-refractivity contribution in [2.45, 2.75) is 10.6 Å². The molecule has 1 N–H and O–H groups in total. The number of rotatable bonds is 8. The summed E-state index contributed by atoms with van der Waals surface area (Å²) < 4.78 is 0. The normalized spacial score (nSPS) is 10.5. The molecular formula is C22H20N2OS2. The third-order valence-electron chi connectivity index (χ3n) is 4.05. The van der Waals surface area contributed by atoms with Crippen LogP contribution in [0.4, 0.5) is 0 Å². The maximum absolute atomic E-state index is 12.0. The van der Waals surface area contributed by atoms with E-state index < -0.39 is 0 Å². The lowest BCUT2D eigenvalue weighted by atomic mass is 10.1. The number of fused-ring (bicyclic) bond motifs is 1. The second-order valence-electron chi connectivity index (χ2n) is 5.97. The molecule has 5 heteroatoms. The molecule has 0 heterocycles. The number of amides is 1. The van der Waals surface area contributed by atoms with Crippen molar-refractivity contribution in [3.05, 3.63) is 77.9 Å². The molecule has 3 nitrogen and oxygen atoms in total. The van der Waals surface area contributed by atoms with Crippen molar-refractivity contribution in [3.63, 3.8) is 0 Å². The van der Waals surface area contributed by atoms with Gasteiger partial charge in [0.1, 0.15) is 0 Å². The quantitative estimate of drug-likeness (QED) is 0.440. The molecule has 27 heavy (non-hydrogen) atoms. The van der Waals surface area contributed by atoms with Crippen molar-refractivity contribution in [2.24, 2.45) is 0 Å². The maximum atomic E-state index is 12.0. The number of benzene rings is 3. The number of hydrogen-bond acceptors (Lipinski definition) is 4. The van der Waals surface area contributed by atoms with E-state index in [2.05, 4.69) is 41.7 Å². The SMILES string of the molecule is N#Cc1ccccc1CSCCNC(=O)CSc1ccc2ccccc2c1. The van der Waals surface area contributed by atoms with E-state index in [1.165, 1.54) is 10.8 Å². The van der Waals surface area contributed by atoms with Crippen LogP contribution in [0.25, 0.3) is 10.8 Å². The Kier molecular flexibility index (Phi) is 7.20. The van der Waals surface area contributed by atoms with E-state index in [1.807, 2.05) is 36.4 Å². The van der Waals surface area contributed by atoms with Gasteiger partial charge >= 0.3 is 0 Å². The molecule has 0 aromatic heterocycles. The summed E-state index contributed by atoms with van der Waals surface area (Å²) in [5.74, 6) is 2.07. The Hall–Kier alpha value is -2.42. The second-order valence-corrected chi connectivity index (χ2v) is 8.12. The van der Waals surface area contributed by atoms with Crippen molar-refractivity contribution in [3.8, 4) is 6.07 Å². The molecule has 0 aliphatic heterocycles. The lowest BCUT2D eigenvalue weighted by Gasteiger charge is -2.07. The topological polar surface area (TPSA) is 52.9 Å². The summed E-state index contributed by atoms with van der Waals surface area (Å²) in [6, 6.07) is 24.3. The standard InChI is InChI=1S/C22H20N2OS2/c23-14-19-7-3-4-8-20(19)15-26-12-11-24-22(25)16-27-21-10-9-17-5-1-2-6-18(17)13-21/h1-10,13H,11-12,15-16H2,(H,24,25). The summed E-state index contributed by atoms with van der Waals surface area (Å²) in [6.07, 6.45) is 0. The molecule has 0 fully saturated rings. The van der Waals surface area contributed by atoms with E-state index >= 15 is 0 Å². The number of nitriles is 1. The molecule has 0 aliphatic rings. The van der Waals surface area contributed by atoms with Gasteiger partial charge in [-0.25, -0.2) is 0 Å². The highest BCUT2D eigenvalue weighted by molar-refractivity contribution is 8.00. The van der Waals surface area contributed by atoms with Crippen LogP contribution in [-0.4, -0.2) is 24.0 Å². The Morgan fingerprint density at radius 1 is 1.00 bits per heavy atom. The van der Waals surface area contributed by atoms with Crippen LogP contribution in [0.15, 0.2) is 71.6 Å². The maximum Gasteiger partial charge on any atom is 0.230 e. The van der Waals surface area contributed by atoms with E-state index in [-0.39, 0.29) is 5.91 Å². The Balaban J connectivity index is 1.36. The molecule has 0 atom stereocenters.